The number of aromatic nitrogens is 2. The second-order valence-corrected chi connectivity index (χ2v) is 7.95. The van der Waals surface area contributed by atoms with E-state index in [1.165, 1.54) is 11.1 Å². The number of hydrogen-bond acceptors (Lipinski definition) is 5. The summed E-state index contributed by atoms with van der Waals surface area (Å²) >= 11 is 0. The molecular formula is C23H22N4O. The Labute approximate surface area is 164 Å². The van der Waals surface area contributed by atoms with Crippen LogP contribution < -0.4 is 5.32 Å². The van der Waals surface area contributed by atoms with Crippen LogP contribution in [0.4, 0.5) is 0 Å². The van der Waals surface area contributed by atoms with Gasteiger partial charge in [-0.25, -0.2) is 0 Å². The lowest BCUT2D eigenvalue weighted by atomic mass is 9.87. The largest absolute Gasteiger partial charge is 0.334 e. The van der Waals surface area contributed by atoms with Gasteiger partial charge in [-0.1, -0.05) is 61.5 Å². The number of amidine groups is 1. The molecule has 5 nitrogen and oxygen atoms in total. The predicted molar refractivity (Wildman–Crippen MR) is 111 cm³/mol. The van der Waals surface area contributed by atoms with Gasteiger partial charge in [-0.2, -0.15) is 4.98 Å². The number of allylic oxidation sites excluding steroid dienone is 3. The van der Waals surface area contributed by atoms with E-state index in [1.54, 1.807) is 0 Å². The highest BCUT2D eigenvalue weighted by molar-refractivity contribution is 5.97. The van der Waals surface area contributed by atoms with Crippen molar-refractivity contribution < 1.29 is 4.52 Å². The summed E-state index contributed by atoms with van der Waals surface area (Å²) in [5, 5.41) is 7.34. The minimum atomic E-state index is 0.125. The van der Waals surface area contributed by atoms with E-state index >= 15 is 0 Å². The lowest BCUT2D eigenvalue weighted by Crippen LogP contribution is -2.18. The minimum absolute atomic E-state index is 0.125. The van der Waals surface area contributed by atoms with Crippen LogP contribution in [0.25, 0.3) is 17.0 Å². The van der Waals surface area contributed by atoms with Crippen molar-refractivity contribution in [2.24, 2.45) is 10.4 Å². The Morgan fingerprint density at radius 3 is 2.50 bits per heavy atom. The highest BCUT2D eigenvalue weighted by Gasteiger charge is 2.21. The molecule has 0 fully saturated rings. The Balaban J connectivity index is 1.53. The maximum absolute atomic E-state index is 5.39. The number of benzene rings is 1. The summed E-state index contributed by atoms with van der Waals surface area (Å²) in [5.74, 6) is 1.83. The number of nitrogens with one attached hydrogen (secondary N) is 1. The molecule has 0 saturated carbocycles. The van der Waals surface area contributed by atoms with Crippen molar-refractivity contribution in [3.05, 3.63) is 76.7 Å². The topological polar surface area (TPSA) is 63.3 Å². The molecule has 1 aromatic heterocycles. The Kier molecular flexibility index (Phi) is 4.48. The lowest BCUT2D eigenvalue weighted by molar-refractivity contribution is 0.409. The molecule has 2 heterocycles. The number of hydrogen-bond donors (Lipinski definition) is 1. The normalized spacial score (nSPS) is 15.9. The van der Waals surface area contributed by atoms with Crippen molar-refractivity contribution in [3.63, 3.8) is 0 Å². The van der Waals surface area contributed by atoms with Gasteiger partial charge in [0, 0.05) is 5.56 Å². The minimum Gasteiger partial charge on any atom is -0.334 e. The zero-order valence-electron chi connectivity index (χ0n) is 16.5. The molecule has 5 heteroatoms. The molecule has 0 unspecified atom stereocenters. The molecule has 2 aliphatic rings. The van der Waals surface area contributed by atoms with Crippen LogP contribution in [0.3, 0.4) is 0 Å². The first-order valence-electron chi connectivity index (χ1n) is 9.26. The molecule has 1 aromatic carbocycles. The molecule has 1 aliphatic carbocycles. The van der Waals surface area contributed by atoms with Gasteiger partial charge in [0.25, 0.3) is 5.89 Å². The van der Waals surface area contributed by atoms with Gasteiger partial charge in [-0.3, -0.25) is 4.99 Å². The molecule has 0 bridgehead atoms. The number of aryl methyl sites for hydroxylation is 1. The van der Waals surface area contributed by atoms with Crippen LogP contribution in [-0.4, -0.2) is 22.5 Å². The lowest BCUT2D eigenvalue weighted by Gasteiger charge is -2.18. The van der Waals surface area contributed by atoms with Crippen LogP contribution in [0.15, 0.2) is 74.7 Å². The van der Waals surface area contributed by atoms with Gasteiger partial charge in [0.05, 0.1) is 17.8 Å². The van der Waals surface area contributed by atoms with Gasteiger partial charge in [0.2, 0.25) is 5.82 Å². The third kappa shape index (κ3) is 3.81. The van der Waals surface area contributed by atoms with Crippen molar-refractivity contribution in [2.75, 3.05) is 6.54 Å². The Bertz CT molecular complexity index is 1110. The molecule has 4 rings (SSSR count). The van der Waals surface area contributed by atoms with Crippen LogP contribution in [0.2, 0.25) is 0 Å². The van der Waals surface area contributed by atoms with Crippen LogP contribution in [0.1, 0.15) is 32.2 Å². The van der Waals surface area contributed by atoms with Crippen LogP contribution >= 0.6 is 0 Å². The summed E-state index contributed by atoms with van der Waals surface area (Å²) < 4.78 is 5.39. The van der Waals surface area contributed by atoms with Crippen molar-refractivity contribution in [3.8, 4) is 11.4 Å². The first kappa shape index (κ1) is 18.0. The van der Waals surface area contributed by atoms with E-state index in [9.17, 15) is 0 Å². The number of nitrogens with zero attached hydrogens (tertiary/aromatic N) is 3. The predicted octanol–water partition coefficient (Wildman–Crippen LogP) is 4.61. The summed E-state index contributed by atoms with van der Waals surface area (Å²) in [6.45, 7) is 9.36. The van der Waals surface area contributed by atoms with E-state index in [2.05, 4.69) is 58.8 Å². The van der Waals surface area contributed by atoms with Crippen LogP contribution in [-0.2, 0) is 0 Å². The van der Waals surface area contributed by atoms with Crippen LogP contribution in [0.5, 0.6) is 0 Å². The summed E-state index contributed by atoms with van der Waals surface area (Å²) in [6, 6.07) is 8.01. The van der Waals surface area contributed by atoms with Crippen molar-refractivity contribution >= 4 is 11.4 Å². The van der Waals surface area contributed by atoms with Crippen molar-refractivity contribution in [2.45, 2.75) is 27.7 Å². The third-order valence-corrected chi connectivity index (χ3v) is 4.67. The molecule has 1 N–H and O–H groups in total. The zero-order chi connectivity index (χ0) is 19.7. The fourth-order valence-corrected chi connectivity index (χ4v) is 2.83. The van der Waals surface area contributed by atoms with Crippen molar-refractivity contribution in [1.29, 1.82) is 0 Å². The molecule has 0 radical (unpaired) electrons. The fraction of sp³-hybridized carbons (Fsp3) is 0.261. The molecule has 140 valence electrons. The molecule has 0 amide bonds. The first-order valence-corrected chi connectivity index (χ1v) is 9.26. The molecule has 0 atom stereocenters. The van der Waals surface area contributed by atoms with Gasteiger partial charge in [-0.05, 0) is 41.9 Å². The molecule has 0 saturated heterocycles. The van der Waals surface area contributed by atoms with E-state index in [0.717, 1.165) is 23.6 Å². The molecular weight excluding hydrogens is 348 g/mol. The standard InChI is InChI=1S/C23H22N4O/c1-15-5-7-16(8-6-15)21-26-22(28-27-21)17-9-11-19(12-10-17)25-20-13-18(14-24-20)23(2,3)4/h5-9,11,13H,14H2,1-4H3,(H,24,25). The van der Waals surface area contributed by atoms with Crippen molar-refractivity contribution in [1.82, 2.24) is 15.5 Å². The summed E-state index contributed by atoms with van der Waals surface area (Å²) in [7, 11) is 0. The summed E-state index contributed by atoms with van der Waals surface area (Å²) in [6.07, 6.45) is 5.90. The molecule has 0 spiro atoms. The Hall–Kier alpha value is -3.39. The van der Waals surface area contributed by atoms with E-state index in [-0.39, 0.29) is 5.41 Å². The highest BCUT2D eigenvalue weighted by Crippen LogP contribution is 2.28. The van der Waals surface area contributed by atoms with Gasteiger partial charge in [-0.15, -0.1) is 0 Å². The van der Waals surface area contributed by atoms with E-state index in [4.69, 9.17) is 4.52 Å². The Morgan fingerprint density at radius 2 is 1.86 bits per heavy atom. The molecule has 28 heavy (non-hydrogen) atoms. The summed E-state index contributed by atoms with van der Waals surface area (Å²) in [4.78, 5) is 9.01. The fourth-order valence-electron chi connectivity index (χ4n) is 2.83. The molecule has 1 aliphatic heterocycles. The summed E-state index contributed by atoms with van der Waals surface area (Å²) in [5.41, 5.74) is 11.2. The van der Waals surface area contributed by atoms with E-state index in [1.807, 2.05) is 43.3 Å². The monoisotopic (exact) mass is 370 g/mol. The van der Waals surface area contributed by atoms with Crippen LogP contribution in [0, 0.1) is 12.3 Å². The number of aliphatic imine (C=N–C) groups is 1. The first-order chi connectivity index (χ1) is 13.4. The SMILES string of the molecule is Cc1ccc(-c2noc(C3=C=C=C(NC4=NCC(C(C)(C)C)=C4)C=C3)n2)cc1. The average Bonchev–Trinajstić information content (AvgIpc) is 3.33. The Morgan fingerprint density at radius 1 is 1.07 bits per heavy atom. The average molecular weight is 370 g/mol. The zero-order valence-corrected chi connectivity index (χ0v) is 16.5. The van der Waals surface area contributed by atoms with Gasteiger partial charge in [0.15, 0.2) is 0 Å². The smallest absolute Gasteiger partial charge is 0.266 e. The second-order valence-electron chi connectivity index (χ2n) is 7.95. The van der Waals surface area contributed by atoms with E-state index in [0.29, 0.717) is 17.3 Å². The van der Waals surface area contributed by atoms with E-state index < -0.39 is 0 Å². The maximum atomic E-state index is 5.39. The quantitative estimate of drug-likeness (QED) is 0.802. The van der Waals surface area contributed by atoms with Gasteiger partial charge >= 0.3 is 0 Å². The molecule has 2 aromatic rings. The second kappa shape index (κ2) is 6.97. The van der Waals surface area contributed by atoms with Gasteiger partial charge in [0.1, 0.15) is 5.84 Å². The maximum Gasteiger partial charge on any atom is 0.266 e. The van der Waals surface area contributed by atoms with Gasteiger partial charge < -0.3 is 9.84 Å². The highest BCUT2D eigenvalue weighted by atomic mass is 16.5. The number of rotatable bonds is 3. The third-order valence-electron chi connectivity index (χ3n) is 4.67.